The van der Waals surface area contributed by atoms with Crippen molar-refractivity contribution in [2.75, 3.05) is 11.1 Å². The highest BCUT2D eigenvalue weighted by Crippen LogP contribution is 2.37. The van der Waals surface area contributed by atoms with Gasteiger partial charge in [0.15, 0.2) is 5.16 Å². The minimum absolute atomic E-state index is 0.0412. The number of thiophene rings is 1. The Labute approximate surface area is 207 Å². The predicted molar refractivity (Wildman–Crippen MR) is 142 cm³/mol. The molecule has 1 amide bonds. The molecule has 4 aromatic rings. The van der Waals surface area contributed by atoms with E-state index in [-0.39, 0.29) is 17.2 Å². The molecule has 1 unspecified atom stereocenters. The minimum atomic E-state index is -0.120. The van der Waals surface area contributed by atoms with Gasteiger partial charge in [-0.05, 0) is 68.4 Å². The highest BCUT2D eigenvalue weighted by molar-refractivity contribution is 7.99. The summed E-state index contributed by atoms with van der Waals surface area (Å²) >= 11 is 2.94. The monoisotopic (exact) mass is 489 g/mol. The smallest absolute Gasteiger partial charge is 0.267 e. The Morgan fingerprint density at radius 1 is 1.21 bits per heavy atom. The van der Waals surface area contributed by atoms with Crippen molar-refractivity contribution < 1.29 is 4.79 Å². The molecule has 1 aliphatic rings. The van der Waals surface area contributed by atoms with Crippen molar-refractivity contribution >= 4 is 44.9 Å². The van der Waals surface area contributed by atoms with Crippen LogP contribution in [0.25, 0.3) is 15.9 Å². The maximum atomic E-state index is 13.8. The van der Waals surface area contributed by atoms with Gasteiger partial charge >= 0.3 is 0 Å². The van der Waals surface area contributed by atoms with Gasteiger partial charge in [0.25, 0.3) is 5.56 Å². The summed E-state index contributed by atoms with van der Waals surface area (Å²) in [5, 5.41) is 4.29. The van der Waals surface area contributed by atoms with Crippen LogP contribution in [-0.2, 0) is 17.6 Å². The highest BCUT2D eigenvalue weighted by Gasteiger charge is 2.25. The maximum Gasteiger partial charge on any atom is 0.267 e. The number of carbonyl (C=O) groups is 1. The van der Waals surface area contributed by atoms with E-state index < -0.39 is 0 Å². The van der Waals surface area contributed by atoms with E-state index in [1.807, 2.05) is 62.4 Å². The van der Waals surface area contributed by atoms with Crippen molar-refractivity contribution in [3.05, 3.63) is 80.5 Å². The number of amides is 1. The Morgan fingerprint density at radius 2 is 2.00 bits per heavy atom. The number of para-hydroxylation sites is 1. The fourth-order valence-electron chi connectivity index (χ4n) is 4.54. The lowest BCUT2D eigenvalue weighted by atomic mass is 9.89. The number of aryl methyl sites for hydroxylation is 3. The molecule has 0 aliphatic heterocycles. The summed E-state index contributed by atoms with van der Waals surface area (Å²) in [6, 6.07) is 15.5. The second kappa shape index (κ2) is 9.39. The number of aromatic nitrogens is 2. The van der Waals surface area contributed by atoms with Crippen LogP contribution in [0.4, 0.5) is 5.69 Å². The second-order valence-corrected chi connectivity index (χ2v) is 11.1. The van der Waals surface area contributed by atoms with Crippen molar-refractivity contribution in [2.45, 2.75) is 45.2 Å². The Balaban J connectivity index is 1.50. The van der Waals surface area contributed by atoms with Gasteiger partial charge in [-0.2, -0.15) is 0 Å². The largest absolute Gasteiger partial charge is 0.325 e. The van der Waals surface area contributed by atoms with Crippen LogP contribution in [0.5, 0.6) is 0 Å². The van der Waals surface area contributed by atoms with Gasteiger partial charge < -0.3 is 5.32 Å². The standard InChI is InChI=1S/C27H27N3O2S2/c1-16-10-12-21(18(3)13-16)28-23(31)15-33-27-29-25-24(20-11-9-17(2)14-22(20)34-25)26(32)30(27)19-7-5-4-6-8-19/h4-8,10,12-13,17H,9,11,14-15H2,1-3H3,(H,28,31). The lowest BCUT2D eigenvalue weighted by molar-refractivity contribution is -0.113. The van der Waals surface area contributed by atoms with E-state index in [9.17, 15) is 9.59 Å². The fourth-order valence-corrected chi connectivity index (χ4v) is 6.78. The second-order valence-electron chi connectivity index (χ2n) is 9.06. The van der Waals surface area contributed by atoms with Crippen LogP contribution < -0.4 is 10.9 Å². The molecule has 0 saturated heterocycles. The zero-order valence-electron chi connectivity index (χ0n) is 19.6. The first-order valence-electron chi connectivity index (χ1n) is 11.5. The summed E-state index contributed by atoms with van der Waals surface area (Å²) < 4.78 is 1.67. The molecule has 2 heterocycles. The molecule has 0 saturated carbocycles. The van der Waals surface area contributed by atoms with E-state index in [1.165, 1.54) is 22.2 Å². The molecule has 0 bridgehead atoms. The third-order valence-corrected chi connectivity index (χ3v) is 8.39. The van der Waals surface area contributed by atoms with E-state index >= 15 is 0 Å². The van der Waals surface area contributed by atoms with Crippen LogP contribution in [0.2, 0.25) is 0 Å². The molecule has 1 aliphatic carbocycles. The zero-order valence-corrected chi connectivity index (χ0v) is 21.2. The number of hydrogen-bond donors (Lipinski definition) is 1. The van der Waals surface area contributed by atoms with Gasteiger partial charge in [-0.1, -0.05) is 54.6 Å². The quantitative estimate of drug-likeness (QED) is 0.279. The van der Waals surface area contributed by atoms with Gasteiger partial charge in [-0.25, -0.2) is 4.98 Å². The molecule has 5 nitrogen and oxygen atoms in total. The molecule has 0 radical (unpaired) electrons. The number of benzene rings is 2. The molecule has 1 atom stereocenters. The Morgan fingerprint density at radius 3 is 2.76 bits per heavy atom. The summed E-state index contributed by atoms with van der Waals surface area (Å²) in [7, 11) is 0. The molecule has 5 rings (SSSR count). The van der Waals surface area contributed by atoms with E-state index in [2.05, 4.69) is 12.2 Å². The maximum absolute atomic E-state index is 13.8. The molecule has 0 spiro atoms. The number of thioether (sulfide) groups is 1. The lowest BCUT2D eigenvalue weighted by Crippen LogP contribution is -2.23. The average molecular weight is 490 g/mol. The van der Waals surface area contributed by atoms with Gasteiger partial charge in [0.2, 0.25) is 5.91 Å². The molecular weight excluding hydrogens is 462 g/mol. The summed E-state index contributed by atoms with van der Waals surface area (Å²) in [5.41, 5.74) is 4.88. The van der Waals surface area contributed by atoms with Crippen LogP contribution in [0, 0.1) is 19.8 Å². The molecule has 174 valence electrons. The molecule has 1 N–H and O–H groups in total. The van der Waals surface area contributed by atoms with Gasteiger partial charge in [0.05, 0.1) is 16.8 Å². The van der Waals surface area contributed by atoms with Crippen molar-refractivity contribution in [1.82, 2.24) is 9.55 Å². The number of hydrogen-bond acceptors (Lipinski definition) is 5. The molecule has 0 fully saturated rings. The number of anilines is 1. The van der Waals surface area contributed by atoms with Crippen LogP contribution >= 0.6 is 23.1 Å². The van der Waals surface area contributed by atoms with Gasteiger partial charge in [0, 0.05) is 10.6 Å². The summed E-state index contributed by atoms with van der Waals surface area (Å²) in [6.07, 6.45) is 3.02. The molecule has 2 aromatic heterocycles. The number of carbonyl (C=O) groups excluding carboxylic acids is 1. The number of rotatable bonds is 5. The van der Waals surface area contributed by atoms with Crippen LogP contribution in [0.1, 0.15) is 34.9 Å². The molecule has 34 heavy (non-hydrogen) atoms. The normalized spacial score (nSPS) is 15.3. The average Bonchev–Trinajstić information content (AvgIpc) is 3.17. The lowest BCUT2D eigenvalue weighted by Gasteiger charge is -2.17. The number of fused-ring (bicyclic) bond motifs is 3. The first-order valence-corrected chi connectivity index (χ1v) is 13.3. The van der Waals surface area contributed by atoms with Crippen LogP contribution in [0.3, 0.4) is 0 Å². The molecule has 7 heteroatoms. The zero-order chi connectivity index (χ0) is 23.8. The van der Waals surface area contributed by atoms with E-state index in [1.54, 1.807) is 15.9 Å². The molecule has 2 aromatic carbocycles. The predicted octanol–water partition coefficient (Wildman–Crippen LogP) is 5.92. The van der Waals surface area contributed by atoms with Gasteiger partial charge in [-0.3, -0.25) is 14.2 Å². The topological polar surface area (TPSA) is 64.0 Å². The van der Waals surface area contributed by atoms with Crippen molar-refractivity contribution in [3.8, 4) is 5.69 Å². The van der Waals surface area contributed by atoms with E-state index in [0.29, 0.717) is 11.1 Å². The Hall–Kier alpha value is -2.90. The Kier molecular flexibility index (Phi) is 6.32. The minimum Gasteiger partial charge on any atom is -0.325 e. The van der Waals surface area contributed by atoms with Gasteiger partial charge in [-0.15, -0.1) is 11.3 Å². The van der Waals surface area contributed by atoms with Crippen molar-refractivity contribution in [3.63, 3.8) is 0 Å². The third kappa shape index (κ3) is 4.42. The van der Waals surface area contributed by atoms with Crippen LogP contribution in [-0.4, -0.2) is 21.2 Å². The highest BCUT2D eigenvalue weighted by atomic mass is 32.2. The van der Waals surface area contributed by atoms with E-state index in [0.717, 1.165) is 52.0 Å². The summed E-state index contributed by atoms with van der Waals surface area (Å²) in [5.74, 6) is 0.671. The molecular formula is C27H27N3O2S2. The number of nitrogens with one attached hydrogen (secondary N) is 1. The number of nitrogens with zero attached hydrogens (tertiary/aromatic N) is 2. The van der Waals surface area contributed by atoms with E-state index in [4.69, 9.17) is 4.98 Å². The Bertz CT molecular complexity index is 1440. The summed E-state index contributed by atoms with van der Waals surface area (Å²) in [6.45, 7) is 6.28. The van der Waals surface area contributed by atoms with Gasteiger partial charge in [0.1, 0.15) is 4.83 Å². The van der Waals surface area contributed by atoms with Crippen molar-refractivity contribution in [1.29, 1.82) is 0 Å². The fraction of sp³-hybridized carbons (Fsp3) is 0.296. The first-order chi connectivity index (χ1) is 16.4. The third-order valence-electron chi connectivity index (χ3n) is 6.30. The van der Waals surface area contributed by atoms with Crippen LogP contribution in [0.15, 0.2) is 58.5 Å². The first kappa shape index (κ1) is 22.9. The SMILES string of the molecule is Cc1ccc(NC(=O)CSc2nc3sc4c(c3c(=O)n2-c2ccccc2)CCC(C)C4)c(C)c1. The summed E-state index contributed by atoms with van der Waals surface area (Å²) in [4.78, 5) is 33.5. The van der Waals surface area contributed by atoms with Crippen molar-refractivity contribution in [2.24, 2.45) is 5.92 Å².